The smallest absolute Gasteiger partial charge is 0.275 e. The van der Waals surface area contributed by atoms with Crippen molar-refractivity contribution in [2.45, 2.75) is 32.1 Å². The lowest BCUT2D eigenvalue weighted by atomic mass is 9.98. The zero-order valence-corrected chi connectivity index (χ0v) is 16.3. The van der Waals surface area contributed by atoms with Crippen molar-refractivity contribution in [2.24, 2.45) is 0 Å². The first-order valence-electron chi connectivity index (χ1n) is 9.52. The minimum Gasteiger partial charge on any atom is -0.497 e. The van der Waals surface area contributed by atoms with E-state index in [1.807, 2.05) is 54.6 Å². The maximum atomic E-state index is 12.8. The van der Waals surface area contributed by atoms with E-state index in [0.29, 0.717) is 6.54 Å². The highest BCUT2D eigenvalue weighted by atomic mass is 16.5. The van der Waals surface area contributed by atoms with E-state index in [1.165, 1.54) is 4.90 Å². The standard InChI is InChI=1S/C22H28N2O3/c1-16-13-24(14-17(2)27-16)15-21(25)23-22(18-7-5-4-6-8-18)19-9-11-20(26-3)12-10-19/h4-12,16-17,22H,13-15H2,1-3H3,(H,23,25)/p+1/t16-,17+,22-/m0/s1. The van der Waals surface area contributed by atoms with Crippen molar-refractivity contribution in [3.05, 3.63) is 65.7 Å². The van der Waals surface area contributed by atoms with Gasteiger partial charge in [-0.3, -0.25) is 4.79 Å². The average Bonchev–Trinajstić information content (AvgIpc) is 2.66. The Morgan fingerprint density at radius 1 is 1.07 bits per heavy atom. The maximum absolute atomic E-state index is 12.8. The van der Waals surface area contributed by atoms with Gasteiger partial charge in [0.15, 0.2) is 6.54 Å². The SMILES string of the molecule is COc1ccc([C@@H](NC(=O)C[NH+]2C[C@@H](C)O[C@@H](C)C2)c2ccccc2)cc1. The lowest BCUT2D eigenvalue weighted by Gasteiger charge is -2.32. The number of carbonyl (C=O) groups is 1. The van der Waals surface area contributed by atoms with Crippen LogP contribution in [0.4, 0.5) is 0 Å². The second-order valence-corrected chi connectivity index (χ2v) is 7.28. The van der Waals surface area contributed by atoms with Crippen molar-refractivity contribution in [1.29, 1.82) is 0 Å². The third-order valence-corrected chi connectivity index (χ3v) is 4.91. The fraction of sp³-hybridized carbons (Fsp3) is 0.409. The van der Waals surface area contributed by atoms with Crippen LogP contribution in [0.15, 0.2) is 54.6 Å². The molecule has 2 aromatic carbocycles. The van der Waals surface area contributed by atoms with E-state index < -0.39 is 0 Å². The maximum Gasteiger partial charge on any atom is 0.275 e. The number of morpholine rings is 1. The van der Waals surface area contributed by atoms with Gasteiger partial charge in [-0.1, -0.05) is 42.5 Å². The summed E-state index contributed by atoms with van der Waals surface area (Å²) in [5.74, 6) is 0.855. The van der Waals surface area contributed by atoms with E-state index >= 15 is 0 Å². The molecule has 1 aliphatic rings. The molecule has 5 heteroatoms. The fourth-order valence-corrected chi connectivity index (χ4v) is 3.77. The number of hydrogen-bond acceptors (Lipinski definition) is 3. The molecule has 1 heterocycles. The number of benzene rings is 2. The van der Waals surface area contributed by atoms with Crippen LogP contribution >= 0.6 is 0 Å². The van der Waals surface area contributed by atoms with Gasteiger partial charge in [-0.25, -0.2) is 0 Å². The van der Waals surface area contributed by atoms with Crippen LogP contribution < -0.4 is 15.0 Å². The molecule has 1 saturated heterocycles. The monoisotopic (exact) mass is 369 g/mol. The topological polar surface area (TPSA) is 52.0 Å². The summed E-state index contributed by atoms with van der Waals surface area (Å²) in [7, 11) is 1.65. The molecule has 0 radical (unpaired) electrons. The van der Waals surface area contributed by atoms with Gasteiger partial charge in [0.05, 0.1) is 13.2 Å². The van der Waals surface area contributed by atoms with Crippen LogP contribution in [0, 0.1) is 0 Å². The largest absolute Gasteiger partial charge is 0.497 e. The van der Waals surface area contributed by atoms with E-state index in [0.717, 1.165) is 30.0 Å². The van der Waals surface area contributed by atoms with E-state index in [9.17, 15) is 4.79 Å². The van der Waals surface area contributed by atoms with Gasteiger partial charge >= 0.3 is 0 Å². The molecule has 0 aromatic heterocycles. The Labute approximate surface area is 161 Å². The molecule has 2 N–H and O–H groups in total. The quantitative estimate of drug-likeness (QED) is 0.813. The van der Waals surface area contributed by atoms with Gasteiger partial charge < -0.3 is 19.7 Å². The summed E-state index contributed by atoms with van der Waals surface area (Å²) in [6.45, 7) is 6.31. The number of methoxy groups -OCH3 is 1. The zero-order valence-electron chi connectivity index (χ0n) is 16.3. The van der Waals surface area contributed by atoms with Gasteiger partial charge in [0, 0.05) is 0 Å². The van der Waals surface area contributed by atoms with Gasteiger partial charge in [-0.05, 0) is 37.1 Å². The van der Waals surface area contributed by atoms with Gasteiger partial charge in [0.2, 0.25) is 0 Å². The van der Waals surface area contributed by atoms with Crippen LogP contribution in [0.1, 0.15) is 31.0 Å². The van der Waals surface area contributed by atoms with Crippen molar-refractivity contribution >= 4 is 5.91 Å². The molecule has 3 rings (SSSR count). The molecule has 0 saturated carbocycles. The van der Waals surface area contributed by atoms with Crippen molar-refractivity contribution in [1.82, 2.24) is 5.32 Å². The lowest BCUT2D eigenvalue weighted by molar-refractivity contribution is -0.907. The van der Waals surface area contributed by atoms with Gasteiger partial charge in [0.25, 0.3) is 5.91 Å². The molecule has 27 heavy (non-hydrogen) atoms. The Kier molecular flexibility index (Phi) is 6.48. The van der Waals surface area contributed by atoms with E-state index in [2.05, 4.69) is 19.2 Å². The predicted molar refractivity (Wildman–Crippen MR) is 105 cm³/mol. The number of amides is 1. The van der Waals surface area contributed by atoms with Crippen LogP contribution in [-0.4, -0.2) is 44.9 Å². The van der Waals surface area contributed by atoms with E-state index in [1.54, 1.807) is 7.11 Å². The minimum atomic E-state index is -0.181. The summed E-state index contributed by atoms with van der Waals surface area (Å²) in [5.41, 5.74) is 2.10. The van der Waals surface area contributed by atoms with Crippen LogP contribution in [0.3, 0.4) is 0 Å². The second kappa shape index (κ2) is 9.02. The van der Waals surface area contributed by atoms with Crippen LogP contribution in [0.5, 0.6) is 5.75 Å². The molecule has 2 aromatic rings. The molecule has 1 aliphatic heterocycles. The number of carbonyl (C=O) groups excluding carboxylic acids is 1. The molecule has 144 valence electrons. The van der Waals surface area contributed by atoms with Gasteiger partial charge in [-0.2, -0.15) is 0 Å². The Balaban J connectivity index is 1.74. The first-order valence-corrected chi connectivity index (χ1v) is 9.52. The molecule has 4 atom stereocenters. The summed E-state index contributed by atoms with van der Waals surface area (Å²) < 4.78 is 11.0. The average molecular weight is 369 g/mol. The number of nitrogens with one attached hydrogen (secondary N) is 2. The third kappa shape index (κ3) is 5.31. The molecular weight excluding hydrogens is 340 g/mol. The predicted octanol–water partition coefficient (Wildman–Crippen LogP) is 1.59. The van der Waals surface area contributed by atoms with Crippen molar-refractivity contribution in [3.63, 3.8) is 0 Å². The van der Waals surface area contributed by atoms with Gasteiger partial charge in [-0.15, -0.1) is 0 Å². The lowest BCUT2D eigenvalue weighted by Crippen LogP contribution is -3.16. The zero-order chi connectivity index (χ0) is 19.2. The Bertz CT molecular complexity index is 723. The van der Waals surface area contributed by atoms with Crippen LogP contribution in [-0.2, 0) is 9.53 Å². The number of quaternary nitrogens is 1. The molecule has 0 aliphatic carbocycles. The molecule has 0 bridgehead atoms. The third-order valence-electron chi connectivity index (χ3n) is 4.91. The number of rotatable bonds is 6. The Morgan fingerprint density at radius 2 is 1.67 bits per heavy atom. The van der Waals surface area contributed by atoms with E-state index in [-0.39, 0.29) is 24.2 Å². The molecular formula is C22H29N2O3+. The summed E-state index contributed by atoms with van der Waals surface area (Å²) >= 11 is 0. The highest BCUT2D eigenvalue weighted by molar-refractivity contribution is 5.78. The summed E-state index contributed by atoms with van der Waals surface area (Å²) in [5, 5.41) is 3.22. The highest BCUT2D eigenvalue weighted by Crippen LogP contribution is 2.24. The number of hydrogen-bond donors (Lipinski definition) is 2. The molecule has 1 amide bonds. The van der Waals surface area contributed by atoms with Crippen LogP contribution in [0.25, 0.3) is 0 Å². The van der Waals surface area contributed by atoms with E-state index in [4.69, 9.17) is 9.47 Å². The summed E-state index contributed by atoms with van der Waals surface area (Å²) in [4.78, 5) is 14.1. The summed E-state index contributed by atoms with van der Waals surface area (Å²) in [6.07, 6.45) is 0.367. The van der Waals surface area contributed by atoms with Crippen molar-refractivity contribution < 1.29 is 19.2 Å². The first kappa shape index (κ1) is 19.4. The van der Waals surface area contributed by atoms with Crippen molar-refractivity contribution in [3.8, 4) is 5.75 Å². The molecule has 1 fully saturated rings. The first-order chi connectivity index (χ1) is 13.0. The Morgan fingerprint density at radius 3 is 2.26 bits per heavy atom. The van der Waals surface area contributed by atoms with Crippen LogP contribution in [0.2, 0.25) is 0 Å². The normalized spacial score (nSPS) is 23.4. The summed E-state index contributed by atoms with van der Waals surface area (Å²) in [6, 6.07) is 17.7. The number of ether oxygens (including phenoxy) is 2. The highest BCUT2D eigenvalue weighted by Gasteiger charge is 2.28. The second-order valence-electron chi connectivity index (χ2n) is 7.28. The molecule has 1 unspecified atom stereocenters. The molecule has 0 spiro atoms. The fourth-order valence-electron chi connectivity index (χ4n) is 3.77. The molecule has 5 nitrogen and oxygen atoms in total. The minimum absolute atomic E-state index is 0.0518. The van der Waals surface area contributed by atoms with Gasteiger partial charge in [0.1, 0.15) is 31.0 Å². The Hall–Kier alpha value is -2.37. The van der Waals surface area contributed by atoms with Crippen molar-refractivity contribution in [2.75, 3.05) is 26.7 Å².